The molecule has 0 aromatic heterocycles. The SMILES string of the molecule is CCCCCCOC(C)C1=C(C)C2=NC1=CC1=NC(=CC3=C(C)C4=C(O)CC(=C5NC(=C2)[C@@H](C)[C@@H]5CCC(=O)N[C@@H]2O[C@H](COC(C)=O)[C@@H](O[C@@H]5O[C@H](COC(C)=O)[C@@H](OC(C)=O)[C@H](OC(C)=O)[C@H]5OC(C)=O)[C@H](OC(C)=O)[C@H]2OC(C)=O)C4=N3)C(CC)=C1C. The lowest BCUT2D eigenvalue weighted by Gasteiger charge is -2.48. The van der Waals surface area contributed by atoms with Crippen molar-refractivity contribution in [3.63, 3.8) is 0 Å². The Balaban J connectivity index is 1.14. The van der Waals surface area contributed by atoms with Crippen LogP contribution in [0.25, 0.3) is 0 Å². The van der Waals surface area contributed by atoms with E-state index in [-0.39, 0.29) is 37.0 Å². The second kappa shape index (κ2) is 29.4. The standard InChI is InChI=1S/C65H83N5O20/c1-15-17-18-19-22-80-33(7)54-31(5)46-24-45-30(4)42(56(68-45)43-23-50(78)55-32(6)47(69-57(43)55)25-48-41(16-2)29(3)44(66-48)26-49(54)67-46)20-21-53(79)70-64-62(86-39(13)76)60(84-37(11)74)59(51(88-64)27-81-34(8)71)90-65-63(87-40(14)77)61(85-38(12)75)58(83-36(10)73)52(89-65)28-82-35(9)72/h24-26,30,33,42,51-52,58-65,68,78H,15-23,27-28H2,1-14H3,(H,70,79)/t30-,33?,42-,51+,52+,58+,59+,60-,61-,62+,63+,64+,65-/m0/s1. The minimum Gasteiger partial charge on any atom is -0.511 e. The van der Waals surface area contributed by atoms with Crippen LogP contribution in [0.4, 0.5) is 0 Å². The molecule has 7 aliphatic heterocycles. The number of carbonyl (C=O) groups excluding carboxylic acids is 8. The zero-order valence-electron chi connectivity index (χ0n) is 53.6. The van der Waals surface area contributed by atoms with E-state index in [9.17, 15) is 43.5 Å². The van der Waals surface area contributed by atoms with Gasteiger partial charge in [-0.1, -0.05) is 40.0 Å². The highest BCUT2D eigenvalue weighted by atomic mass is 16.8. The number of unbranched alkanes of at least 4 members (excludes halogenated alkanes) is 3. The first-order chi connectivity index (χ1) is 42.7. The van der Waals surface area contributed by atoms with Crippen molar-refractivity contribution in [1.82, 2.24) is 10.6 Å². The molecule has 0 saturated carbocycles. The van der Waals surface area contributed by atoms with E-state index in [0.717, 1.165) is 136 Å². The maximum atomic E-state index is 14.8. The van der Waals surface area contributed by atoms with Crippen LogP contribution in [0.1, 0.15) is 148 Å². The van der Waals surface area contributed by atoms with Crippen molar-refractivity contribution >= 4 is 64.8 Å². The Hall–Kier alpha value is -7.87. The lowest BCUT2D eigenvalue weighted by atomic mass is 9.86. The molecule has 488 valence electrons. The summed E-state index contributed by atoms with van der Waals surface area (Å²) in [6, 6.07) is 0. The molecule has 25 nitrogen and oxygen atoms in total. The van der Waals surface area contributed by atoms with E-state index in [2.05, 4.69) is 31.4 Å². The largest absolute Gasteiger partial charge is 0.511 e. The van der Waals surface area contributed by atoms with Crippen molar-refractivity contribution in [1.29, 1.82) is 0 Å². The van der Waals surface area contributed by atoms with E-state index < -0.39 is 128 Å². The van der Waals surface area contributed by atoms with E-state index in [4.69, 9.17) is 67.1 Å². The molecule has 0 aromatic rings. The van der Waals surface area contributed by atoms with Crippen LogP contribution in [0.15, 0.2) is 106 Å². The molecular weight excluding hydrogens is 1170 g/mol. The lowest BCUT2D eigenvalue weighted by Crippen LogP contribution is -2.68. The van der Waals surface area contributed by atoms with Crippen LogP contribution in [0.5, 0.6) is 0 Å². The number of aliphatic hydroxyl groups is 1. The van der Waals surface area contributed by atoms with Gasteiger partial charge in [0.2, 0.25) is 5.91 Å². The van der Waals surface area contributed by atoms with Crippen LogP contribution in [-0.2, 0) is 90.5 Å². The molecule has 8 rings (SSSR count). The summed E-state index contributed by atoms with van der Waals surface area (Å²) >= 11 is 0. The van der Waals surface area contributed by atoms with Gasteiger partial charge in [0.25, 0.3) is 0 Å². The van der Waals surface area contributed by atoms with Gasteiger partial charge in [0, 0.05) is 108 Å². The molecular formula is C65H83N5O20. The fourth-order valence-corrected chi connectivity index (χ4v) is 12.7. The third-order valence-electron chi connectivity index (χ3n) is 16.8. The van der Waals surface area contributed by atoms with E-state index >= 15 is 0 Å². The molecule has 0 radical (unpaired) electrons. The highest BCUT2D eigenvalue weighted by molar-refractivity contribution is 6.21. The molecule has 90 heavy (non-hydrogen) atoms. The number of fused-ring (bicyclic) bond motifs is 5. The summed E-state index contributed by atoms with van der Waals surface area (Å²) < 4.78 is 64.9. The van der Waals surface area contributed by atoms with Gasteiger partial charge in [-0.3, -0.25) is 38.4 Å². The van der Waals surface area contributed by atoms with Gasteiger partial charge >= 0.3 is 41.8 Å². The van der Waals surface area contributed by atoms with Crippen LogP contribution >= 0.6 is 0 Å². The Labute approximate surface area is 523 Å². The van der Waals surface area contributed by atoms with Crippen molar-refractivity contribution in [3.05, 3.63) is 91.5 Å². The molecule has 0 aromatic carbocycles. The van der Waals surface area contributed by atoms with Crippen LogP contribution in [0.2, 0.25) is 0 Å². The molecule has 1 unspecified atom stereocenters. The number of allylic oxidation sites excluding steroid dienone is 11. The molecule has 8 aliphatic rings. The Morgan fingerprint density at radius 1 is 0.667 bits per heavy atom. The lowest BCUT2D eigenvalue weighted by molar-refractivity contribution is -0.345. The number of hydrogen-bond acceptors (Lipinski definition) is 24. The second-order valence-electron chi connectivity index (χ2n) is 23.4. The van der Waals surface area contributed by atoms with Gasteiger partial charge in [0.1, 0.15) is 37.3 Å². The number of carbonyl (C=O) groups is 8. The predicted molar refractivity (Wildman–Crippen MR) is 322 cm³/mol. The van der Waals surface area contributed by atoms with E-state index in [0.29, 0.717) is 35.7 Å². The molecule has 3 N–H and O–H groups in total. The number of amides is 1. The maximum absolute atomic E-state index is 14.8. The topological polar surface area (TPSA) is 319 Å². The van der Waals surface area contributed by atoms with Crippen LogP contribution in [0.3, 0.4) is 0 Å². The summed E-state index contributed by atoms with van der Waals surface area (Å²) in [7, 11) is 0. The molecule has 25 heteroatoms. The van der Waals surface area contributed by atoms with Gasteiger partial charge in [-0.05, 0) is 87.5 Å². The fourth-order valence-electron chi connectivity index (χ4n) is 12.7. The Morgan fingerprint density at radius 3 is 1.86 bits per heavy atom. The summed E-state index contributed by atoms with van der Waals surface area (Å²) in [5.74, 6) is -7.39. The second-order valence-corrected chi connectivity index (χ2v) is 23.4. The van der Waals surface area contributed by atoms with Gasteiger partial charge in [0.15, 0.2) is 43.0 Å². The number of hydrogen-bond donors (Lipinski definition) is 3. The van der Waals surface area contributed by atoms with Gasteiger partial charge in [-0.25, -0.2) is 15.0 Å². The van der Waals surface area contributed by atoms with Crippen LogP contribution in [0, 0.1) is 11.8 Å². The summed E-state index contributed by atoms with van der Waals surface area (Å²) in [6.07, 6.45) is -6.02. The van der Waals surface area contributed by atoms with Gasteiger partial charge in [-0.15, -0.1) is 0 Å². The average Bonchev–Trinajstić information content (AvgIpc) is 1.50. The van der Waals surface area contributed by atoms with E-state index in [1.807, 2.05) is 45.9 Å². The zero-order valence-corrected chi connectivity index (χ0v) is 53.6. The normalized spacial score (nSPS) is 28.0. The smallest absolute Gasteiger partial charge is 0.303 e. The van der Waals surface area contributed by atoms with E-state index in [1.54, 1.807) is 0 Å². The minimum absolute atomic E-state index is 0.151. The predicted octanol–water partition coefficient (Wildman–Crippen LogP) is 7.16. The number of nitrogens with one attached hydrogen (secondary N) is 2. The highest BCUT2D eigenvalue weighted by Crippen LogP contribution is 2.47. The number of aliphatic hydroxyl groups excluding tert-OH is 1. The van der Waals surface area contributed by atoms with Gasteiger partial charge < -0.3 is 67.8 Å². The minimum atomic E-state index is -1.90. The molecule has 7 heterocycles. The molecule has 0 spiro atoms. The Kier molecular flexibility index (Phi) is 22.2. The molecule has 1 amide bonds. The number of ether oxygens (including phenoxy) is 11. The van der Waals surface area contributed by atoms with Crippen molar-refractivity contribution in [2.24, 2.45) is 26.8 Å². The van der Waals surface area contributed by atoms with Gasteiger partial charge in [0.05, 0.1) is 40.3 Å². The van der Waals surface area contributed by atoms with E-state index in [1.165, 1.54) is 0 Å². The first-order valence-electron chi connectivity index (χ1n) is 30.7. The number of esters is 7. The Bertz CT molecular complexity index is 3300. The summed E-state index contributed by atoms with van der Waals surface area (Å²) in [4.78, 5) is 119. The number of aliphatic imine (C=N–C) groups is 3. The van der Waals surface area contributed by atoms with Gasteiger partial charge in [-0.2, -0.15) is 0 Å². The maximum Gasteiger partial charge on any atom is 0.303 e. The van der Waals surface area contributed by atoms with Crippen molar-refractivity contribution < 1.29 is 95.6 Å². The summed E-state index contributed by atoms with van der Waals surface area (Å²) in [5, 5.41) is 18.4. The molecule has 3 fully saturated rings. The summed E-state index contributed by atoms with van der Waals surface area (Å²) in [5.41, 5.74) is 12.0. The van der Waals surface area contributed by atoms with Crippen molar-refractivity contribution in [2.75, 3.05) is 19.8 Å². The molecule has 8 bridgehead atoms. The van der Waals surface area contributed by atoms with Crippen LogP contribution < -0.4 is 10.6 Å². The number of nitrogens with zero attached hydrogens (tertiary/aromatic N) is 3. The highest BCUT2D eigenvalue weighted by Gasteiger charge is 2.58. The monoisotopic (exact) mass is 1250 g/mol. The van der Waals surface area contributed by atoms with Crippen molar-refractivity contribution in [2.45, 2.75) is 216 Å². The first-order valence-corrected chi connectivity index (χ1v) is 30.7. The third kappa shape index (κ3) is 15.5. The zero-order chi connectivity index (χ0) is 65.6. The van der Waals surface area contributed by atoms with Crippen molar-refractivity contribution in [3.8, 4) is 0 Å². The Morgan fingerprint density at radius 2 is 1.24 bits per heavy atom. The first kappa shape index (κ1) is 68.0. The molecule has 13 atom stereocenters. The number of rotatable bonds is 23. The molecule has 1 aliphatic carbocycles. The quantitative estimate of drug-likeness (QED) is 0.0519. The van der Waals surface area contributed by atoms with Crippen LogP contribution in [-0.4, -0.2) is 157 Å². The third-order valence-corrected chi connectivity index (χ3v) is 16.8. The average molecular weight is 1250 g/mol. The molecule has 3 saturated heterocycles. The fraction of sp³-hybridized carbons (Fsp3) is 0.585. The summed E-state index contributed by atoms with van der Waals surface area (Å²) in [6.45, 7) is 21.1.